The lowest BCUT2D eigenvalue weighted by molar-refractivity contribution is 0.349. The third-order valence-electron chi connectivity index (χ3n) is 2.94. The molecule has 1 aliphatic carbocycles. The Balaban J connectivity index is 1.65. The molecule has 0 spiro atoms. The predicted octanol–water partition coefficient (Wildman–Crippen LogP) is -0.346. The molecule has 1 saturated heterocycles. The van der Waals surface area contributed by atoms with Crippen molar-refractivity contribution in [1.82, 2.24) is 15.6 Å². The van der Waals surface area contributed by atoms with Crippen molar-refractivity contribution in [2.24, 2.45) is 10.8 Å². The molecule has 1 heterocycles. The smallest absolute Gasteiger partial charge is 0.205 e. The number of rotatable bonds is 4. The van der Waals surface area contributed by atoms with Crippen LogP contribution in [0.15, 0.2) is 4.99 Å². The molecule has 2 rings (SSSR count). The zero-order chi connectivity index (χ0) is 10.5. The summed E-state index contributed by atoms with van der Waals surface area (Å²) in [6, 6.07) is 0.603. The molecule has 2 aliphatic rings. The Morgan fingerprint density at radius 2 is 2.07 bits per heavy atom. The lowest BCUT2D eigenvalue weighted by Gasteiger charge is -2.13. The minimum Gasteiger partial charge on any atom is -0.353 e. The van der Waals surface area contributed by atoms with Gasteiger partial charge in [0.2, 0.25) is 5.96 Å². The molecular formula is C10H21N5. The zero-order valence-electron chi connectivity index (χ0n) is 9.21. The van der Waals surface area contributed by atoms with Crippen LogP contribution >= 0.6 is 0 Å². The SMILES string of the molecule is NNC(=NCCN1CCCC1)NC1CC1. The van der Waals surface area contributed by atoms with Gasteiger partial charge in [0, 0.05) is 12.6 Å². The summed E-state index contributed by atoms with van der Waals surface area (Å²) in [5.74, 6) is 6.13. The number of nitrogens with one attached hydrogen (secondary N) is 2. The molecule has 5 heteroatoms. The first-order valence-electron chi connectivity index (χ1n) is 5.88. The summed E-state index contributed by atoms with van der Waals surface area (Å²) >= 11 is 0. The van der Waals surface area contributed by atoms with Crippen molar-refractivity contribution in [3.63, 3.8) is 0 Å². The van der Waals surface area contributed by atoms with Gasteiger partial charge in [0.1, 0.15) is 0 Å². The van der Waals surface area contributed by atoms with E-state index in [1.54, 1.807) is 0 Å². The maximum atomic E-state index is 5.39. The molecule has 86 valence electrons. The minimum absolute atomic E-state index is 0.603. The third kappa shape index (κ3) is 3.68. The molecule has 1 aliphatic heterocycles. The molecule has 0 bridgehead atoms. The number of nitrogens with zero attached hydrogens (tertiary/aromatic N) is 2. The van der Waals surface area contributed by atoms with Gasteiger partial charge >= 0.3 is 0 Å². The van der Waals surface area contributed by atoms with Gasteiger partial charge in [-0.2, -0.15) is 0 Å². The van der Waals surface area contributed by atoms with Gasteiger partial charge in [-0.3, -0.25) is 10.4 Å². The number of likely N-dealkylation sites (tertiary alicyclic amines) is 1. The van der Waals surface area contributed by atoms with Crippen molar-refractivity contribution in [3.8, 4) is 0 Å². The molecule has 0 radical (unpaired) electrons. The van der Waals surface area contributed by atoms with Crippen molar-refractivity contribution >= 4 is 5.96 Å². The molecule has 15 heavy (non-hydrogen) atoms. The Morgan fingerprint density at radius 3 is 2.67 bits per heavy atom. The van der Waals surface area contributed by atoms with E-state index in [1.165, 1.54) is 38.8 Å². The van der Waals surface area contributed by atoms with Crippen molar-refractivity contribution in [1.29, 1.82) is 0 Å². The molecule has 0 aromatic rings. The molecule has 4 N–H and O–H groups in total. The quantitative estimate of drug-likeness (QED) is 0.257. The number of hydrogen-bond acceptors (Lipinski definition) is 3. The highest BCUT2D eigenvalue weighted by molar-refractivity contribution is 5.79. The maximum Gasteiger partial charge on any atom is 0.205 e. The highest BCUT2D eigenvalue weighted by Crippen LogP contribution is 2.18. The molecular weight excluding hydrogens is 190 g/mol. The average molecular weight is 211 g/mol. The second-order valence-corrected chi connectivity index (χ2v) is 4.34. The van der Waals surface area contributed by atoms with Gasteiger partial charge in [0.25, 0.3) is 0 Å². The first-order chi connectivity index (χ1) is 7.38. The minimum atomic E-state index is 0.603. The first kappa shape index (κ1) is 10.7. The molecule has 0 atom stereocenters. The van der Waals surface area contributed by atoms with Crippen LogP contribution in [-0.4, -0.2) is 43.1 Å². The highest BCUT2D eigenvalue weighted by atomic mass is 15.3. The summed E-state index contributed by atoms with van der Waals surface area (Å²) in [7, 11) is 0. The molecule has 0 amide bonds. The molecule has 0 aromatic heterocycles. The number of aliphatic imine (C=N–C) groups is 1. The fourth-order valence-corrected chi connectivity index (χ4v) is 1.86. The van der Waals surface area contributed by atoms with Crippen LogP contribution in [0.25, 0.3) is 0 Å². The Labute approximate surface area is 91.1 Å². The van der Waals surface area contributed by atoms with Crippen LogP contribution in [0.3, 0.4) is 0 Å². The summed E-state index contributed by atoms with van der Waals surface area (Å²) in [4.78, 5) is 6.87. The van der Waals surface area contributed by atoms with Gasteiger partial charge in [0.05, 0.1) is 6.54 Å². The van der Waals surface area contributed by atoms with Crippen LogP contribution in [0.4, 0.5) is 0 Å². The zero-order valence-corrected chi connectivity index (χ0v) is 9.21. The van der Waals surface area contributed by atoms with Crippen molar-refractivity contribution in [2.75, 3.05) is 26.2 Å². The largest absolute Gasteiger partial charge is 0.353 e. The monoisotopic (exact) mass is 211 g/mol. The fourth-order valence-electron chi connectivity index (χ4n) is 1.86. The second-order valence-electron chi connectivity index (χ2n) is 4.34. The van der Waals surface area contributed by atoms with Crippen molar-refractivity contribution in [3.05, 3.63) is 0 Å². The maximum absolute atomic E-state index is 5.39. The van der Waals surface area contributed by atoms with Crippen molar-refractivity contribution < 1.29 is 0 Å². The van der Waals surface area contributed by atoms with E-state index in [0.29, 0.717) is 6.04 Å². The summed E-state index contributed by atoms with van der Waals surface area (Å²) < 4.78 is 0. The van der Waals surface area contributed by atoms with Crippen LogP contribution in [0, 0.1) is 0 Å². The van der Waals surface area contributed by atoms with Gasteiger partial charge in [-0.15, -0.1) is 0 Å². The van der Waals surface area contributed by atoms with Crippen LogP contribution in [0.1, 0.15) is 25.7 Å². The van der Waals surface area contributed by atoms with Crippen LogP contribution in [0.2, 0.25) is 0 Å². The Bertz CT molecular complexity index is 218. The Morgan fingerprint density at radius 1 is 1.33 bits per heavy atom. The Kier molecular flexibility index (Phi) is 3.80. The number of guanidine groups is 1. The average Bonchev–Trinajstić information content (AvgIpc) is 2.91. The molecule has 0 unspecified atom stereocenters. The number of nitrogens with two attached hydrogens (primary N) is 1. The fraction of sp³-hybridized carbons (Fsp3) is 0.900. The lowest BCUT2D eigenvalue weighted by Crippen LogP contribution is -2.43. The normalized spacial score (nSPS) is 23.1. The molecule has 1 saturated carbocycles. The van der Waals surface area contributed by atoms with E-state index in [2.05, 4.69) is 20.6 Å². The molecule has 5 nitrogen and oxygen atoms in total. The van der Waals surface area contributed by atoms with E-state index in [1.807, 2.05) is 0 Å². The highest BCUT2D eigenvalue weighted by Gasteiger charge is 2.21. The molecule has 2 fully saturated rings. The number of hydrogen-bond donors (Lipinski definition) is 3. The summed E-state index contributed by atoms with van der Waals surface area (Å²) in [5, 5.41) is 3.26. The summed E-state index contributed by atoms with van der Waals surface area (Å²) in [6.07, 6.45) is 5.16. The van der Waals surface area contributed by atoms with E-state index in [-0.39, 0.29) is 0 Å². The van der Waals surface area contributed by atoms with Crippen LogP contribution < -0.4 is 16.6 Å². The molecule has 0 aromatic carbocycles. The van der Waals surface area contributed by atoms with Gasteiger partial charge in [-0.1, -0.05) is 0 Å². The third-order valence-corrected chi connectivity index (χ3v) is 2.94. The first-order valence-corrected chi connectivity index (χ1v) is 5.88. The standard InChI is InChI=1S/C10H21N5/c11-14-10(13-9-3-4-9)12-5-8-15-6-1-2-7-15/h9H,1-8,11H2,(H2,12,13,14). The summed E-state index contributed by atoms with van der Waals surface area (Å²) in [5.41, 5.74) is 2.62. The van der Waals surface area contributed by atoms with E-state index in [9.17, 15) is 0 Å². The van der Waals surface area contributed by atoms with Crippen molar-refractivity contribution in [2.45, 2.75) is 31.7 Å². The summed E-state index contributed by atoms with van der Waals surface area (Å²) in [6.45, 7) is 4.35. The van der Waals surface area contributed by atoms with Gasteiger partial charge in [0.15, 0.2) is 0 Å². The lowest BCUT2D eigenvalue weighted by atomic mass is 10.4. The van der Waals surface area contributed by atoms with E-state index < -0.39 is 0 Å². The van der Waals surface area contributed by atoms with E-state index in [4.69, 9.17) is 5.84 Å². The van der Waals surface area contributed by atoms with Crippen LogP contribution in [-0.2, 0) is 0 Å². The van der Waals surface area contributed by atoms with E-state index >= 15 is 0 Å². The topological polar surface area (TPSA) is 65.7 Å². The van der Waals surface area contributed by atoms with Gasteiger partial charge < -0.3 is 10.2 Å². The predicted molar refractivity (Wildman–Crippen MR) is 61.5 cm³/mol. The van der Waals surface area contributed by atoms with Gasteiger partial charge in [-0.25, -0.2) is 5.84 Å². The number of hydrazine groups is 1. The van der Waals surface area contributed by atoms with E-state index in [0.717, 1.165) is 19.0 Å². The Hall–Kier alpha value is -0.810. The second kappa shape index (κ2) is 5.32. The van der Waals surface area contributed by atoms with Gasteiger partial charge in [-0.05, 0) is 38.8 Å². The van der Waals surface area contributed by atoms with Crippen LogP contribution in [0.5, 0.6) is 0 Å².